The molecule has 0 amide bonds. The first-order chi connectivity index (χ1) is 12.2. The number of rotatable bonds is 4. The Morgan fingerprint density at radius 1 is 1.08 bits per heavy atom. The molecular weight excluding hydrogens is 308 g/mol. The van der Waals surface area contributed by atoms with Crippen LogP contribution in [0.5, 0.6) is 0 Å². The highest BCUT2D eigenvalue weighted by molar-refractivity contribution is 5.78. The molecule has 1 aromatic carbocycles. The Hall–Kier alpha value is -2.39. The molecule has 0 radical (unpaired) electrons. The summed E-state index contributed by atoms with van der Waals surface area (Å²) in [5.74, 6) is 0. The minimum atomic E-state index is 0.00691. The maximum atomic E-state index is 5.98. The zero-order valence-corrected chi connectivity index (χ0v) is 14.8. The molecule has 2 aliphatic rings. The van der Waals surface area contributed by atoms with E-state index in [2.05, 4.69) is 66.8 Å². The molecule has 3 heteroatoms. The molecule has 1 atom stereocenters. The second kappa shape index (κ2) is 6.85. The number of aryl methyl sites for hydroxylation is 2. The van der Waals surface area contributed by atoms with Gasteiger partial charge < -0.3 is 10.1 Å². The number of nitrogens with zero attached hydrogens (tertiary/aromatic N) is 1. The van der Waals surface area contributed by atoms with Crippen molar-refractivity contribution in [3.63, 3.8) is 0 Å². The number of allylic oxidation sites excluding steroid dienone is 2. The predicted octanol–water partition coefficient (Wildman–Crippen LogP) is 4.76. The van der Waals surface area contributed by atoms with Gasteiger partial charge >= 0.3 is 0 Å². The standard InChI is InChI=1S/C22H24N2O/c1-15-10-11-23-14-21(15)20-8-6-17(12-16(20)2)18-7-9-22(24-13-18)25-19-4-3-5-19/h6-14,19,22,24H,3-5H2,1-2H3. The molecule has 1 fully saturated rings. The number of ether oxygens (including phenoxy) is 1. The lowest BCUT2D eigenvalue weighted by molar-refractivity contribution is -0.0387. The van der Waals surface area contributed by atoms with Gasteiger partial charge in [-0.1, -0.05) is 24.3 Å². The monoisotopic (exact) mass is 332 g/mol. The van der Waals surface area contributed by atoms with Crippen molar-refractivity contribution < 1.29 is 4.74 Å². The van der Waals surface area contributed by atoms with Gasteiger partial charge in [0.2, 0.25) is 0 Å². The van der Waals surface area contributed by atoms with E-state index in [9.17, 15) is 0 Å². The third-order valence-corrected chi connectivity index (χ3v) is 5.13. The Balaban J connectivity index is 1.51. The van der Waals surface area contributed by atoms with E-state index in [0.29, 0.717) is 6.10 Å². The van der Waals surface area contributed by atoms with Crippen LogP contribution in [-0.2, 0) is 4.74 Å². The summed E-state index contributed by atoms with van der Waals surface area (Å²) >= 11 is 0. The normalized spacial score (nSPS) is 19.9. The number of pyridine rings is 1. The van der Waals surface area contributed by atoms with Crippen molar-refractivity contribution in [1.29, 1.82) is 0 Å². The number of hydrogen-bond acceptors (Lipinski definition) is 3. The van der Waals surface area contributed by atoms with E-state index in [-0.39, 0.29) is 6.23 Å². The van der Waals surface area contributed by atoms with Crippen molar-refractivity contribution in [2.24, 2.45) is 0 Å². The van der Waals surface area contributed by atoms with Crippen molar-refractivity contribution in [3.05, 3.63) is 71.7 Å². The van der Waals surface area contributed by atoms with Crippen LogP contribution in [-0.4, -0.2) is 17.3 Å². The first-order valence-corrected chi connectivity index (χ1v) is 9.02. The number of dihydropyridines is 1. The number of benzene rings is 1. The van der Waals surface area contributed by atoms with Crippen LogP contribution >= 0.6 is 0 Å². The molecule has 2 heterocycles. The summed E-state index contributed by atoms with van der Waals surface area (Å²) in [4.78, 5) is 4.27. The molecule has 1 aliphatic heterocycles. The minimum absolute atomic E-state index is 0.00691. The van der Waals surface area contributed by atoms with E-state index in [4.69, 9.17) is 4.74 Å². The highest BCUT2D eigenvalue weighted by atomic mass is 16.5. The van der Waals surface area contributed by atoms with Gasteiger partial charge in [-0.3, -0.25) is 4.98 Å². The van der Waals surface area contributed by atoms with Crippen LogP contribution in [0.1, 0.15) is 36.0 Å². The first kappa shape index (κ1) is 16.1. The fraction of sp³-hybridized carbons (Fsp3) is 0.318. The fourth-order valence-electron chi connectivity index (χ4n) is 3.34. The fourth-order valence-corrected chi connectivity index (χ4v) is 3.34. The van der Waals surface area contributed by atoms with Gasteiger partial charge in [-0.2, -0.15) is 0 Å². The van der Waals surface area contributed by atoms with Gasteiger partial charge in [0.05, 0.1) is 6.10 Å². The average Bonchev–Trinajstić information content (AvgIpc) is 2.59. The zero-order valence-electron chi connectivity index (χ0n) is 14.8. The molecule has 0 spiro atoms. The molecule has 1 saturated carbocycles. The number of nitrogens with one attached hydrogen (secondary N) is 1. The Bertz CT molecular complexity index is 834. The first-order valence-electron chi connectivity index (χ1n) is 9.02. The maximum absolute atomic E-state index is 5.98. The Morgan fingerprint density at radius 3 is 2.60 bits per heavy atom. The molecule has 1 unspecified atom stereocenters. The summed E-state index contributed by atoms with van der Waals surface area (Å²) in [6.45, 7) is 4.29. The van der Waals surface area contributed by atoms with E-state index >= 15 is 0 Å². The summed E-state index contributed by atoms with van der Waals surface area (Å²) in [7, 11) is 0. The lowest BCUT2D eigenvalue weighted by Gasteiger charge is -2.30. The molecule has 0 saturated heterocycles. The van der Waals surface area contributed by atoms with Crippen LogP contribution < -0.4 is 5.32 Å². The number of aromatic nitrogens is 1. The van der Waals surface area contributed by atoms with Gasteiger partial charge in [0.1, 0.15) is 6.23 Å². The lowest BCUT2D eigenvalue weighted by Crippen LogP contribution is -2.35. The van der Waals surface area contributed by atoms with Gasteiger partial charge in [0.25, 0.3) is 0 Å². The maximum Gasteiger partial charge on any atom is 0.147 e. The Kier molecular flexibility index (Phi) is 4.41. The molecule has 2 aromatic rings. The lowest BCUT2D eigenvalue weighted by atomic mass is 9.94. The van der Waals surface area contributed by atoms with Crippen LogP contribution in [0.2, 0.25) is 0 Å². The third-order valence-electron chi connectivity index (χ3n) is 5.13. The van der Waals surface area contributed by atoms with Crippen LogP contribution in [0.25, 0.3) is 16.7 Å². The van der Waals surface area contributed by atoms with Gasteiger partial charge in [0.15, 0.2) is 0 Å². The van der Waals surface area contributed by atoms with Crippen LogP contribution in [0, 0.1) is 13.8 Å². The van der Waals surface area contributed by atoms with Crippen molar-refractivity contribution in [2.75, 3.05) is 0 Å². The quantitative estimate of drug-likeness (QED) is 0.876. The second-order valence-corrected chi connectivity index (χ2v) is 6.96. The van der Waals surface area contributed by atoms with Gasteiger partial charge in [-0.05, 0) is 73.1 Å². The van der Waals surface area contributed by atoms with Crippen molar-refractivity contribution >= 4 is 5.57 Å². The summed E-state index contributed by atoms with van der Waals surface area (Å²) in [5, 5.41) is 3.36. The van der Waals surface area contributed by atoms with E-state index in [0.717, 1.165) is 0 Å². The van der Waals surface area contributed by atoms with Crippen LogP contribution in [0.3, 0.4) is 0 Å². The SMILES string of the molecule is Cc1cc(C2=CNC(OC3CCC3)C=C2)ccc1-c1cnccc1C. The van der Waals surface area contributed by atoms with E-state index in [1.165, 1.54) is 52.7 Å². The third kappa shape index (κ3) is 3.38. The van der Waals surface area contributed by atoms with Crippen LogP contribution in [0.15, 0.2) is 55.0 Å². The van der Waals surface area contributed by atoms with E-state index in [1.54, 1.807) is 0 Å². The van der Waals surface area contributed by atoms with E-state index < -0.39 is 0 Å². The Labute approximate surface area is 149 Å². The molecule has 0 bridgehead atoms. The average molecular weight is 332 g/mol. The molecule has 3 nitrogen and oxygen atoms in total. The second-order valence-electron chi connectivity index (χ2n) is 6.96. The van der Waals surface area contributed by atoms with Gasteiger partial charge in [-0.25, -0.2) is 0 Å². The van der Waals surface area contributed by atoms with Gasteiger partial charge in [-0.15, -0.1) is 0 Å². The topological polar surface area (TPSA) is 34.1 Å². The summed E-state index contributed by atoms with van der Waals surface area (Å²) in [5.41, 5.74) is 7.36. The molecule has 1 aliphatic carbocycles. The highest BCUT2D eigenvalue weighted by Crippen LogP contribution is 2.30. The van der Waals surface area contributed by atoms with Crippen molar-refractivity contribution in [3.8, 4) is 11.1 Å². The minimum Gasteiger partial charge on any atom is -0.362 e. The highest BCUT2D eigenvalue weighted by Gasteiger charge is 2.22. The summed E-state index contributed by atoms with van der Waals surface area (Å²) < 4.78 is 5.98. The molecular formula is C22H24N2O. The number of hydrogen-bond donors (Lipinski definition) is 1. The largest absolute Gasteiger partial charge is 0.362 e. The Morgan fingerprint density at radius 2 is 1.96 bits per heavy atom. The smallest absolute Gasteiger partial charge is 0.147 e. The zero-order chi connectivity index (χ0) is 17.2. The van der Waals surface area contributed by atoms with Crippen molar-refractivity contribution in [1.82, 2.24) is 10.3 Å². The molecule has 128 valence electrons. The molecule has 4 rings (SSSR count). The van der Waals surface area contributed by atoms with Crippen LogP contribution in [0.4, 0.5) is 0 Å². The van der Waals surface area contributed by atoms with Crippen molar-refractivity contribution in [2.45, 2.75) is 45.4 Å². The molecule has 25 heavy (non-hydrogen) atoms. The molecule has 1 aromatic heterocycles. The molecule has 1 N–H and O–H groups in total. The van der Waals surface area contributed by atoms with E-state index in [1.807, 2.05) is 12.4 Å². The predicted molar refractivity (Wildman–Crippen MR) is 102 cm³/mol. The van der Waals surface area contributed by atoms with Gasteiger partial charge in [0, 0.05) is 24.2 Å². The summed E-state index contributed by atoms with van der Waals surface area (Å²) in [6.07, 6.45) is 14.2. The summed E-state index contributed by atoms with van der Waals surface area (Å²) in [6, 6.07) is 8.67.